The number of hydrogen-bond donors (Lipinski definition) is 2. The van der Waals surface area contributed by atoms with Gasteiger partial charge in [-0.25, -0.2) is 0 Å². The van der Waals surface area contributed by atoms with Crippen molar-refractivity contribution in [1.82, 2.24) is 5.32 Å². The van der Waals surface area contributed by atoms with Gasteiger partial charge >= 0.3 is 0 Å². The standard InChI is InChI=1S/C13H16BrNO3/c1-18-11-4-2-3-9(12(11)16)13(17)15-7-10(14)8-5-6-8/h2-4,8,10,16H,5-7H2,1H3,(H,15,17). The van der Waals surface area contributed by atoms with E-state index in [1.54, 1.807) is 18.2 Å². The molecular formula is C13H16BrNO3. The third-order valence-electron chi connectivity index (χ3n) is 3.05. The Balaban J connectivity index is 1.99. The number of para-hydroxylation sites is 1. The van der Waals surface area contributed by atoms with Gasteiger partial charge in [-0.1, -0.05) is 22.0 Å². The van der Waals surface area contributed by atoms with Crippen molar-refractivity contribution in [1.29, 1.82) is 0 Å². The van der Waals surface area contributed by atoms with Crippen LogP contribution in [0, 0.1) is 5.92 Å². The minimum atomic E-state index is -0.281. The molecular weight excluding hydrogens is 298 g/mol. The second-order valence-corrected chi connectivity index (χ2v) is 5.60. The minimum absolute atomic E-state index is 0.116. The molecule has 1 aliphatic rings. The molecule has 18 heavy (non-hydrogen) atoms. The Morgan fingerprint density at radius 3 is 2.94 bits per heavy atom. The molecule has 0 spiro atoms. The van der Waals surface area contributed by atoms with Crippen molar-refractivity contribution in [2.24, 2.45) is 5.92 Å². The molecule has 0 radical (unpaired) electrons. The number of phenols is 1. The lowest BCUT2D eigenvalue weighted by molar-refractivity contribution is 0.0950. The number of benzene rings is 1. The van der Waals surface area contributed by atoms with E-state index in [1.807, 2.05) is 0 Å². The molecule has 1 fully saturated rings. The van der Waals surface area contributed by atoms with Crippen LogP contribution in [-0.4, -0.2) is 29.5 Å². The van der Waals surface area contributed by atoms with Crippen molar-refractivity contribution in [3.63, 3.8) is 0 Å². The zero-order valence-electron chi connectivity index (χ0n) is 10.1. The van der Waals surface area contributed by atoms with E-state index in [0.717, 1.165) is 0 Å². The van der Waals surface area contributed by atoms with Crippen LogP contribution in [0.2, 0.25) is 0 Å². The van der Waals surface area contributed by atoms with Crippen LogP contribution in [0.15, 0.2) is 18.2 Å². The highest BCUT2D eigenvalue weighted by atomic mass is 79.9. The molecule has 1 atom stereocenters. The van der Waals surface area contributed by atoms with Crippen LogP contribution in [0.3, 0.4) is 0 Å². The highest BCUT2D eigenvalue weighted by Gasteiger charge is 2.29. The van der Waals surface area contributed by atoms with Crippen molar-refractivity contribution in [2.75, 3.05) is 13.7 Å². The summed E-state index contributed by atoms with van der Waals surface area (Å²) in [6, 6.07) is 4.87. The summed E-state index contributed by atoms with van der Waals surface area (Å²) in [4.78, 5) is 12.2. The molecule has 1 aromatic rings. The van der Waals surface area contributed by atoms with Crippen molar-refractivity contribution in [3.8, 4) is 11.5 Å². The molecule has 2 N–H and O–H groups in total. The third-order valence-corrected chi connectivity index (χ3v) is 4.13. The topological polar surface area (TPSA) is 58.6 Å². The van der Waals surface area contributed by atoms with Crippen LogP contribution in [0.1, 0.15) is 23.2 Å². The lowest BCUT2D eigenvalue weighted by atomic mass is 10.1. The third kappa shape index (κ3) is 2.96. The molecule has 0 aliphatic heterocycles. The first-order valence-corrected chi connectivity index (χ1v) is 6.83. The van der Waals surface area contributed by atoms with Crippen LogP contribution >= 0.6 is 15.9 Å². The number of amides is 1. The quantitative estimate of drug-likeness (QED) is 0.820. The van der Waals surface area contributed by atoms with Crippen LogP contribution in [0.4, 0.5) is 0 Å². The van der Waals surface area contributed by atoms with Gasteiger partial charge in [0.1, 0.15) is 0 Å². The number of nitrogens with one attached hydrogen (secondary N) is 1. The number of ether oxygens (including phenoxy) is 1. The van der Waals surface area contributed by atoms with Gasteiger partial charge in [0, 0.05) is 11.4 Å². The summed E-state index contributed by atoms with van der Waals surface area (Å²) in [5, 5.41) is 12.7. The summed E-state index contributed by atoms with van der Waals surface area (Å²) in [6.07, 6.45) is 2.44. The van der Waals surface area contributed by atoms with E-state index in [4.69, 9.17) is 4.74 Å². The summed E-state index contributed by atoms with van der Waals surface area (Å²) in [6.45, 7) is 0.570. The molecule has 1 aromatic carbocycles. The molecule has 0 aromatic heterocycles. The molecule has 1 aliphatic carbocycles. The average Bonchev–Trinajstić information content (AvgIpc) is 3.20. The smallest absolute Gasteiger partial charge is 0.255 e. The van der Waals surface area contributed by atoms with Crippen LogP contribution in [-0.2, 0) is 0 Å². The van der Waals surface area contributed by atoms with E-state index in [1.165, 1.54) is 20.0 Å². The lowest BCUT2D eigenvalue weighted by Gasteiger charge is -2.12. The Labute approximate surface area is 114 Å². The summed E-state index contributed by atoms with van der Waals surface area (Å²) < 4.78 is 4.97. The van der Waals surface area contributed by atoms with Gasteiger partial charge in [0.25, 0.3) is 5.91 Å². The second kappa shape index (κ2) is 5.61. The van der Waals surface area contributed by atoms with Crippen molar-refractivity contribution >= 4 is 21.8 Å². The zero-order valence-corrected chi connectivity index (χ0v) is 11.7. The maximum Gasteiger partial charge on any atom is 0.255 e. The number of alkyl halides is 1. The molecule has 0 heterocycles. The summed E-state index contributed by atoms with van der Waals surface area (Å²) in [7, 11) is 1.46. The molecule has 1 saturated carbocycles. The molecule has 5 heteroatoms. The van der Waals surface area contributed by atoms with E-state index in [2.05, 4.69) is 21.2 Å². The monoisotopic (exact) mass is 313 g/mol. The number of hydrogen-bond acceptors (Lipinski definition) is 3. The van der Waals surface area contributed by atoms with Crippen molar-refractivity contribution in [3.05, 3.63) is 23.8 Å². The zero-order chi connectivity index (χ0) is 13.1. The summed E-state index contributed by atoms with van der Waals surface area (Å²) in [5.41, 5.74) is 0.241. The number of halogens is 1. The predicted octanol–water partition coefficient (Wildman–Crippen LogP) is 2.30. The second-order valence-electron chi connectivity index (χ2n) is 4.42. The molecule has 4 nitrogen and oxygen atoms in total. The predicted molar refractivity (Wildman–Crippen MR) is 72.4 cm³/mol. The molecule has 0 bridgehead atoms. The van der Waals surface area contributed by atoms with E-state index in [0.29, 0.717) is 23.0 Å². The van der Waals surface area contributed by atoms with Gasteiger partial charge in [-0.15, -0.1) is 0 Å². The van der Waals surface area contributed by atoms with E-state index >= 15 is 0 Å². The fourth-order valence-electron chi connectivity index (χ4n) is 1.78. The highest BCUT2D eigenvalue weighted by Crippen LogP contribution is 2.36. The van der Waals surface area contributed by atoms with Gasteiger partial charge in [0.05, 0.1) is 12.7 Å². The van der Waals surface area contributed by atoms with E-state index in [-0.39, 0.29) is 17.2 Å². The fraction of sp³-hybridized carbons (Fsp3) is 0.462. The van der Waals surface area contributed by atoms with Gasteiger partial charge in [-0.2, -0.15) is 0 Å². The number of phenolic OH excluding ortho intramolecular Hbond substituents is 1. The maximum atomic E-state index is 11.9. The average molecular weight is 314 g/mol. The van der Waals surface area contributed by atoms with Gasteiger partial charge in [-0.05, 0) is 30.9 Å². The first-order valence-electron chi connectivity index (χ1n) is 5.91. The molecule has 1 amide bonds. The fourth-order valence-corrected chi connectivity index (χ4v) is 2.47. The van der Waals surface area contributed by atoms with E-state index < -0.39 is 0 Å². The Kier molecular flexibility index (Phi) is 4.11. The number of rotatable bonds is 5. The molecule has 1 unspecified atom stereocenters. The largest absolute Gasteiger partial charge is 0.504 e. The highest BCUT2D eigenvalue weighted by molar-refractivity contribution is 9.09. The Morgan fingerprint density at radius 2 is 2.33 bits per heavy atom. The molecule has 2 rings (SSSR count). The van der Waals surface area contributed by atoms with Gasteiger partial charge in [0.2, 0.25) is 0 Å². The van der Waals surface area contributed by atoms with Crippen molar-refractivity contribution in [2.45, 2.75) is 17.7 Å². The van der Waals surface area contributed by atoms with Crippen LogP contribution in [0.5, 0.6) is 11.5 Å². The number of aromatic hydroxyl groups is 1. The minimum Gasteiger partial charge on any atom is -0.504 e. The Bertz CT molecular complexity index is 446. The van der Waals surface area contributed by atoms with Crippen molar-refractivity contribution < 1.29 is 14.6 Å². The normalized spacial score (nSPS) is 16.1. The van der Waals surface area contributed by atoms with Gasteiger partial charge in [0.15, 0.2) is 11.5 Å². The molecule has 98 valence electrons. The summed E-state index contributed by atoms with van der Waals surface area (Å²) in [5.74, 6) is 0.580. The number of methoxy groups -OCH3 is 1. The summed E-state index contributed by atoms with van der Waals surface area (Å²) >= 11 is 3.55. The number of carbonyl (C=O) groups excluding carboxylic acids is 1. The molecule has 0 saturated heterocycles. The van der Waals surface area contributed by atoms with Gasteiger partial charge in [-0.3, -0.25) is 4.79 Å². The van der Waals surface area contributed by atoms with Crippen LogP contribution in [0.25, 0.3) is 0 Å². The maximum absolute atomic E-state index is 11.9. The SMILES string of the molecule is COc1cccc(C(=O)NCC(Br)C2CC2)c1O. The Morgan fingerprint density at radius 1 is 1.61 bits per heavy atom. The Hall–Kier alpha value is -1.23. The van der Waals surface area contributed by atoms with E-state index in [9.17, 15) is 9.90 Å². The van der Waals surface area contributed by atoms with Gasteiger partial charge < -0.3 is 15.2 Å². The first kappa shape index (κ1) is 13.2. The number of carbonyl (C=O) groups is 1. The first-order chi connectivity index (χ1) is 8.63. The van der Waals surface area contributed by atoms with Crippen LogP contribution < -0.4 is 10.1 Å². The lowest BCUT2D eigenvalue weighted by Crippen LogP contribution is -2.30.